The summed E-state index contributed by atoms with van der Waals surface area (Å²) in [5.74, 6) is -0.429. The highest BCUT2D eigenvalue weighted by atomic mass is 35.5. The molecule has 0 bridgehead atoms. The van der Waals surface area contributed by atoms with Crippen LogP contribution in [0.25, 0.3) is 6.08 Å². The summed E-state index contributed by atoms with van der Waals surface area (Å²) in [6.45, 7) is 7.97. The van der Waals surface area contributed by atoms with Gasteiger partial charge >= 0.3 is 0 Å². The summed E-state index contributed by atoms with van der Waals surface area (Å²) < 4.78 is 5.85. The number of hydrogen-bond donors (Lipinski definition) is 0. The van der Waals surface area contributed by atoms with E-state index in [0.717, 1.165) is 17.5 Å². The zero-order valence-corrected chi connectivity index (χ0v) is 22.2. The number of anilines is 2. The molecule has 0 aliphatic carbocycles. The normalized spacial score (nSPS) is 16.0. The van der Waals surface area contributed by atoms with Gasteiger partial charge in [-0.1, -0.05) is 48.9 Å². The van der Waals surface area contributed by atoms with Crippen LogP contribution in [-0.2, 0) is 9.59 Å². The van der Waals surface area contributed by atoms with E-state index in [0.29, 0.717) is 27.7 Å². The van der Waals surface area contributed by atoms with Gasteiger partial charge in [0.1, 0.15) is 11.3 Å². The zero-order chi connectivity index (χ0) is 26.0. The molecule has 1 saturated heterocycles. The number of carbonyl (C=O) groups excluding carboxylic acids is 2. The number of thiocarbonyl (C=S) groups is 1. The Hall–Kier alpha value is -3.48. The second kappa shape index (κ2) is 10.6. The molecule has 0 saturated carbocycles. The lowest BCUT2D eigenvalue weighted by Gasteiger charge is -2.36. The van der Waals surface area contributed by atoms with Gasteiger partial charge in [-0.2, -0.15) is 0 Å². The lowest BCUT2D eigenvalue weighted by Crippen LogP contribution is -2.57. The molecule has 3 aromatic rings. The molecule has 0 radical (unpaired) electrons. The Morgan fingerprint density at radius 2 is 1.58 bits per heavy atom. The molecule has 0 aromatic heterocycles. The van der Waals surface area contributed by atoms with Gasteiger partial charge in [-0.15, -0.1) is 0 Å². The molecule has 1 aliphatic heterocycles. The van der Waals surface area contributed by atoms with Crippen LogP contribution >= 0.6 is 23.8 Å². The molecule has 2 amide bonds. The third-order valence-corrected chi connectivity index (χ3v) is 6.84. The van der Waals surface area contributed by atoms with Crippen LogP contribution in [-0.4, -0.2) is 23.0 Å². The number of ether oxygens (including phenoxy) is 1. The van der Waals surface area contributed by atoms with Crippen molar-refractivity contribution in [3.63, 3.8) is 0 Å². The van der Waals surface area contributed by atoms with E-state index in [1.807, 2.05) is 64.1 Å². The average Bonchev–Trinajstić information content (AvgIpc) is 2.86. The highest BCUT2D eigenvalue weighted by Crippen LogP contribution is 2.32. The topological polar surface area (TPSA) is 49.9 Å². The summed E-state index contributed by atoms with van der Waals surface area (Å²) in [4.78, 5) is 30.2. The summed E-state index contributed by atoms with van der Waals surface area (Å²) in [6.07, 6.45) is 2.41. The van der Waals surface area contributed by atoms with Gasteiger partial charge in [0.2, 0.25) is 0 Å². The molecule has 7 heteroatoms. The second-order valence-corrected chi connectivity index (χ2v) is 9.52. The van der Waals surface area contributed by atoms with Crippen molar-refractivity contribution < 1.29 is 14.3 Å². The number of amides is 2. The number of carbonyl (C=O) groups is 2. The summed E-state index contributed by atoms with van der Waals surface area (Å²) in [5.41, 5.74) is 3.87. The Kier molecular flexibility index (Phi) is 7.57. The number of halogens is 1. The van der Waals surface area contributed by atoms with Crippen LogP contribution in [0.5, 0.6) is 5.75 Å². The third-order valence-electron chi connectivity index (χ3n) is 6.18. The molecule has 4 rings (SSSR count). The van der Waals surface area contributed by atoms with E-state index in [-0.39, 0.29) is 16.8 Å². The Bertz CT molecular complexity index is 1370. The molecule has 1 atom stereocenters. The minimum absolute atomic E-state index is 0.0140. The van der Waals surface area contributed by atoms with Gasteiger partial charge in [0.05, 0.1) is 22.5 Å². The first kappa shape index (κ1) is 25.6. The quantitative estimate of drug-likeness (QED) is 0.203. The zero-order valence-electron chi connectivity index (χ0n) is 20.6. The first-order valence-electron chi connectivity index (χ1n) is 11.7. The van der Waals surface area contributed by atoms with Crippen LogP contribution in [0.15, 0.2) is 72.3 Å². The number of hydrogen-bond acceptors (Lipinski definition) is 4. The van der Waals surface area contributed by atoms with Gasteiger partial charge < -0.3 is 4.74 Å². The van der Waals surface area contributed by atoms with E-state index < -0.39 is 11.8 Å². The van der Waals surface area contributed by atoms with Crippen LogP contribution in [0.4, 0.5) is 11.4 Å². The monoisotopic (exact) mass is 518 g/mol. The molecule has 0 unspecified atom stereocenters. The molecule has 0 spiro atoms. The maximum atomic E-state index is 13.7. The first-order valence-corrected chi connectivity index (χ1v) is 12.5. The predicted molar refractivity (Wildman–Crippen MR) is 150 cm³/mol. The molecule has 3 aromatic carbocycles. The van der Waals surface area contributed by atoms with Crippen molar-refractivity contribution >= 4 is 58.2 Å². The van der Waals surface area contributed by atoms with Gasteiger partial charge in [0.15, 0.2) is 5.11 Å². The van der Waals surface area contributed by atoms with Gasteiger partial charge in [-0.25, -0.2) is 0 Å². The largest absolute Gasteiger partial charge is 0.489 e. The Morgan fingerprint density at radius 3 is 2.19 bits per heavy atom. The molecule has 1 heterocycles. The lowest BCUT2D eigenvalue weighted by atomic mass is 10.0. The standard InChI is InChI=1S/C29H27ClN2O3S/c1-5-20(4)35-26-14-12-21(17-25(26)30)16-24-27(33)31(22-9-7-6-8-10-22)29(36)32(28(24)34)23-13-11-18(2)19(3)15-23/h6-17,20H,5H2,1-4H3/b24-16-/t20-/m1/s1. The minimum Gasteiger partial charge on any atom is -0.489 e. The summed E-state index contributed by atoms with van der Waals surface area (Å²) in [5, 5.41) is 0.508. The number of aryl methyl sites for hydroxylation is 2. The van der Waals surface area contributed by atoms with Crippen molar-refractivity contribution in [2.45, 2.75) is 40.2 Å². The molecular formula is C29H27ClN2O3S. The maximum Gasteiger partial charge on any atom is 0.270 e. The van der Waals surface area contributed by atoms with Crippen molar-refractivity contribution in [3.8, 4) is 5.75 Å². The van der Waals surface area contributed by atoms with Crippen LogP contribution in [0, 0.1) is 13.8 Å². The fourth-order valence-electron chi connectivity index (χ4n) is 3.80. The lowest BCUT2D eigenvalue weighted by molar-refractivity contribution is -0.120. The number of nitrogens with zero attached hydrogens (tertiary/aromatic N) is 2. The highest BCUT2D eigenvalue weighted by Gasteiger charge is 2.41. The number of para-hydroxylation sites is 1. The predicted octanol–water partition coefficient (Wildman–Crippen LogP) is 6.88. The van der Waals surface area contributed by atoms with E-state index in [1.54, 1.807) is 36.4 Å². The van der Waals surface area contributed by atoms with Crippen LogP contribution in [0.1, 0.15) is 37.0 Å². The van der Waals surface area contributed by atoms with E-state index in [4.69, 9.17) is 28.6 Å². The molecular weight excluding hydrogens is 492 g/mol. The van der Waals surface area contributed by atoms with E-state index >= 15 is 0 Å². The molecule has 0 N–H and O–H groups in total. The summed E-state index contributed by atoms with van der Waals surface area (Å²) >= 11 is 12.2. The minimum atomic E-state index is -0.493. The number of benzene rings is 3. The van der Waals surface area contributed by atoms with Crippen LogP contribution in [0.2, 0.25) is 5.02 Å². The molecule has 5 nitrogen and oxygen atoms in total. The smallest absolute Gasteiger partial charge is 0.270 e. The molecule has 36 heavy (non-hydrogen) atoms. The van der Waals surface area contributed by atoms with E-state index in [9.17, 15) is 9.59 Å². The average molecular weight is 519 g/mol. The van der Waals surface area contributed by atoms with Crippen LogP contribution in [0.3, 0.4) is 0 Å². The Morgan fingerprint density at radius 1 is 0.917 bits per heavy atom. The van der Waals surface area contributed by atoms with Crippen molar-refractivity contribution in [1.29, 1.82) is 0 Å². The third kappa shape index (κ3) is 5.06. The van der Waals surface area contributed by atoms with Gasteiger partial charge in [0, 0.05) is 0 Å². The van der Waals surface area contributed by atoms with Crippen LogP contribution < -0.4 is 14.5 Å². The van der Waals surface area contributed by atoms with Crippen molar-refractivity contribution in [2.24, 2.45) is 0 Å². The van der Waals surface area contributed by atoms with Gasteiger partial charge in [0.25, 0.3) is 11.8 Å². The van der Waals surface area contributed by atoms with Crippen molar-refractivity contribution in [1.82, 2.24) is 0 Å². The van der Waals surface area contributed by atoms with Crippen molar-refractivity contribution in [2.75, 3.05) is 9.80 Å². The van der Waals surface area contributed by atoms with Gasteiger partial charge in [-0.3, -0.25) is 19.4 Å². The molecule has 1 aliphatic rings. The summed E-state index contributed by atoms with van der Waals surface area (Å²) in [7, 11) is 0. The van der Waals surface area contributed by atoms with Crippen molar-refractivity contribution in [3.05, 3.63) is 94.0 Å². The summed E-state index contributed by atoms with van der Waals surface area (Å²) in [6, 6.07) is 19.9. The van der Waals surface area contributed by atoms with E-state index in [2.05, 4.69) is 0 Å². The second-order valence-electron chi connectivity index (χ2n) is 8.75. The highest BCUT2D eigenvalue weighted by molar-refractivity contribution is 7.81. The van der Waals surface area contributed by atoms with Gasteiger partial charge in [-0.05, 0) is 98.6 Å². The number of rotatable bonds is 6. The Labute approximate surface area is 221 Å². The fraction of sp³-hybridized carbons (Fsp3) is 0.207. The Balaban J connectivity index is 1.81. The fourth-order valence-corrected chi connectivity index (χ4v) is 4.41. The molecule has 1 fully saturated rings. The maximum absolute atomic E-state index is 13.7. The first-order chi connectivity index (χ1) is 17.2. The molecule has 184 valence electrons. The van der Waals surface area contributed by atoms with E-state index in [1.165, 1.54) is 9.80 Å². The SMILES string of the molecule is CC[C@@H](C)Oc1ccc(/C=C2/C(=O)N(c3ccccc3)C(=S)N(c3ccc(C)c(C)c3)C2=O)cc1Cl.